The van der Waals surface area contributed by atoms with Gasteiger partial charge >= 0.3 is 0 Å². The second-order valence-corrected chi connectivity index (χ2v) is 6.31. The summed E-state index contributed by atoms with van der Waals surface area (Å²) in [6.45, 7) is 8.32. The van der Waals surface area contributed by atoms with E-state index in [-0.39, 0.29) is 0 Å². The highest BCUT2D eigenvalue weighted by atomic mass is 16.5. The molecule has 2 nitrogen and oxygen atoms in total. The first-order valence-corrected chi connectivity index (χ1v) is 8.08. The van der Waals surface area contributed by atoms with Crippen molar-refractivity contribution < 1.29 is 4.74 Å². The summed E-state index contributed by atoms with van der Waals surface area (Å²) in [5.41, 5.74) is 2.80. The van der Waals surface area contributed by atoms with E-state index >= 15 is 0 Å². The van der Waals surface area contributed by atoms with Gasteiger partial charge in [0.05, 0.1) is 6.10 Å². The zero-order valence-corrected chi connectivity index (χ0v) is 13.2. The highest BCUT2D eigenvalue weighted by molar-refractivity contribution is 5.25. The first-order valence-electron chi connectivity index (χ1n) is 8.08. The summed E-state index contributed by atoms with van der Waals surface area (Å²) >= 11 is 0. The molecule has 2 rings (SSSR count). The van der Waals surface area contributed by atoms with Crippen molar-refractivity contribution in [1.82, 2.24) is 5.32 Å². The van der Waals surface area contributed by atoms with Crippen molar-refractivity contribution in [1.29, 1.82) is 0 Å². The number of hydrogen-bond acceptors (Lipinski definition) is 2. The minimum absolute atomic E-state index is 0.356. The lowest BCUT2D eigenvalue weighted by atomic mass is 10.0. The number of nitrogens with one attached hydrogen (secondary N) is 1. The van der Waals surface area contributed by atoms with E-state index in [0.717, 1.165) is 25.5 Å². The fraction of sp³-hybridized carbons (Fsp3) is 0.667. The summed E-state index contributed by atoms with van der Waals surface area (Å²) in [4.78, 5) is 0. The smallest absolute Gasteiger partial charge is 0.0518 e. The molecule has 0 spiro atoms. The molecule has 1 aromatic carbocycles. The molecule has 1 aromatic rings. The van der Waals surface area contributed by atoms with Crippen LogP contribution >= 0.6 is 0 Å². The molecule has 112 valence electrons. The van der Waals surface area contributed by atoms with Crippen LogP contribution in [0.25, 0.3) is 0 Å². The summed E-state index contributed by atoms with van der Waals surface area (Å²) in [6.07, 6.45) is 5.46. The van der Waals surface area contributed by atoms with Gasteiger partial charge in [-0.3, -0.25) is 0 Å². The van der Waals surface area contributed by atoms with Crippen LogP contribution in [0, 0.1) is 12.8 Å². The molecular weight excluding hydrogens is 246 g/mol. The Kier molecular flexibility index (Phi) is 6.06. The Balaban J connectivity index is 1.72. The number of aryl methyl sites for hydroxylation is 1. The van der Waals surface area contributed by atoms with Crippen molar-refractivity contribution in [3.63, 3.8) is 0 Å². The average molecular weight is 275 g/mol. The van der Waals surface area contributed by atoms with E-state index in [9.17, 15) is 0 Å². The van der Waals surface area contributed by atoms with E-state index in [2.05, 4.69) is 50.4 Å². The second-order valence-electron chi connectivity index (χ2n) is 6.31. The summed E-state index contributed by atoms with van der Waals surface area (Å²) in [5, 5.41) is 3.75. The van der Waals surface area contributed by atoms with Crippen molar-refractivity contribution in [3.8, 4) is 0 Å². The van der Waals surface area contributed by atoms with Gasteiger partial charge in [0.25, 0.3) is 0 Å². The molecule has 1 saturated carbocycles. The van der Waals surface area contributed by atoms with Gasteiger partial charge in [0.2, 0.25) is 0 Å². The SMILES string of the molecule is Cc1ccc(C(NCCCCOC(C)C)C2CC2)cc1. The van der Waals surface area contributed by atoms with Gasteiger partial charge in [-0.05, 0) is 64.5 Å². The van der Waals surface area contributed by atoms with E-state index in [1.807, 2.05) is 0 Å². The molecule has 1 atom stereocenters. The maximum atomic E-state index is 5.58. The van der Waals surface area contributed by atoms with E-state index in [1.54, 1.807) is 0 Å². The predicted octanol–water partition coefficient (Wildman–Crippen LogP) is 4.24. The predicted molar refractivity (Wildman–Crippen MR) is 85.0 cm³/mol. The molecule has 0 bridgehead atoms. The lowest BCUT2D eigenvalue weighted by Crippen LogP contribution is -2.24. The Morgan fingerprint density at radius 2 is 1.85 bits per heavy atom. The maximum absolute atomic E-state index is 5.58. The van der Waals surface area contributed by atoms with Crippen molar-refractivity contribution >= 4 is 0 Å². The fourth-order valence-electron chi connectivity index (χ4n) is 2.56. The van der Waals surface area contributed by atoms with Crippen molar-refractivity contribution in [3.05, 3.63) is 35.4 Å². The highest BCUT2D eigenvalue weighted by Gasteiger charge is 2.31. The van der Waals surface area contributed by atoms with Gasteiger partial charge in [0.15, 0.2) is 0 Å². The van der Waals surface area contributed by atoms with Crippen LogP contribution in [-0.4, -0.2) is 19.3 Å². The van der Waals surface area contributed by atoms with Crippen LogP contribution in [0.4, 0.5) is 0 Å². The first kappa shape index (κ1) is 15.5. The third kappa shape index (κ3) is 5.26. The fourth-order valence-corrected chi connectivity index (χ4v) is 2.56. The molecule has 1 aliphatic rings. The third-order valence-electron chi connectivity index (χ3n) is 3.92. The van der Waals surface area contributed by atoms with Crippen LogP contribution in [0.15, 0.2) is 24.3 Å². The normalized spacial score (nSPS) is 16.6. The molecule has 0 radical (unpaired) electrons. The molecule has 0 aromatic heterocycles. The minimum Gasteiger partial charge on any atom is -0.379 e. The van der Waals surface area contributed by atoms with Gasteiger partial charge in [-0.15, -0.1) is 0 Å². The van der Waals surface area contributed by atoms with Crippen LogP contribution < -0.4 is 5.32 Å². The Labute approximate surface area is 123 Å². The Bertz CT molecular complexity index is 381. The van der Waals surface area contributed by atoms with Gasteiger partial charge in [0, 0.05) is 12.6 Å². The molecule has 1 N–H and O–H groups in total. The third-order valence-corrected chi connectivity index (χ3v) is 3.92. The zero-order valence-electron chi connectivity index (χ0n) is 13.2. The number of benzene rings is 1. The molecule has 0 heterocycles. The monoisotopic (exact) mass is 275 g/mol. The quantitative estimate of drug-likeness (QED) is 0.681. The van der Waals surface area contributed by atoms with Crippen LogP contribution in [0.2, 0.25) is 0 Å². The van der Waals surface area contributed by atoms with Crippen LogP contribution in [0.5, 0.6) is 0 Å². The standard InChI is InChI=1S/C18H29NO/c1-14(2)20-13-5-4-12-19-18(17-10-11-17)16-8-6-15(3)7-9-16/h6-9,14,17-19H,4-5,10-13H2,1-3H3. The van der Waals surface area contributed by atoms with E-state index < -0.39 is 0 Å². The molecule has 0 saturated heterocycles. The Hall–Kier alpha value is -0.860. The van der Waals surface area contributed by atoms with Crippen LogP contribution in [-0.2, 0) is 4.74 Å². The van der Waals surface area contributed by atoms with Gasteiger partial charge < -0.3 is 10.1 Å². The average Bonchev–Trinajstić information content (AvgIpc) is 3.23. The Morgan fingerprint density at radius 3 is 2.45 bits per heavy atom. The minimum atomic E-state index is 0.356. The maximum Gasteiger partial charge on any atom is 0.0518 e. The lowest BCUT2D eigenvalue weighted by Gasteiger charge is -2.19. The van der Waals surface area contributed by atoms with E-state index in [4.69, 9.17) is 4.74 Å². The summed E-state index contributed by atoms with van der Waals surface area (Å²) in [6, 6.07) is 9.58. The van der Waals surface area contributed by atoms with Crippen molar-refractivity contribution in [2.75, 3.05) is 13.2 Å². The van der Waals surface area contributed by atoms with E-state index in [1.165, 1.54) is 30.4 Å². The van der Waals surface area contributed by atoms with Gasteiger partial charge in [0.1, 0.15) is 0 Å². The lowest BCUT2D eigenvalue weighted by molar-refractivity contribution is 0.0759. The summed E-state index contributed by atoms with van der Waals surface area (Å²) < 4.78 is 5.58. The van der Waals surface area contributed by atoms with Crippen molar-refractivity contribution in [2.24, 2.45) is 5.92 Å². The van der Waals surface area contributed by atoms with E-state index in [0.29, 0.717) is 12.1 Å². The molecule has 0 aliphatic heterocycles. The van der Waals surface area contributed by atoms with Gasteiger partial charge in [-0.25, -0.2) is 0 Å². The molecule has 0 amide bonds. The summed E-state index contributed by atoms with van der Waals surface area (Å²) in [5.74, 6) is 0.852. The number of unbranched alkanes of at least 4 members (excludes halogenated alkanes) is 1. The molecule has 1 unspecified atom stereocenters. The van der Waals surface area contributed by atoms with Crippen LogP contribution in [0.3, 0.4) is 0 Å². The number of hydrogen-bond donors (Lipinski definition) is 1. The molecule has 1 fully saturated rings. The van der Waals surface area contributed by atoms with Gasteiger partial charge in [-0.2, -0.15) is 0 Å². The second kappa shape index (κ2) is 7.80. The van der Waals surface area contributed by atoms with Crippen molar-refractivity contribution in [2.45, 2.75) is 58.6 Å². The largest absolute Gasteiger partial charge is 0.379 e. The van der Waals surface area contributed by atoms with Gasteiger partial charge in [-0.1, -0.05) is 29.8 Å². The zero-order chi connectivity index (χ0) is 14.4. The molecule has 20 heavy (non-hydrogen) atoms. The molecular formula is C18H29NO. The number of ether oxygens (including phenoxy) is 1. The first-order chi connectivity index (χ1) is 9.66. The summed E-state index contributed by atoms with van der Waals surface area (Å²) in [7, 11) is 0. The highest BCUT2D eigenvalue weighted by Crippen LogP contribution is 2.40. The topological polar surface area (TPSA) is 21.3 Å². The number of rotatable bonds is 9. The molecule has 2 heteroatoms. The Morgan fingerprint density at radius 1 is 1.15 bits per heavy atom. The molecule has 1 aliphatic carbocycles. The van der Waals surface area contributed by atoms with Crippen LogP contribution in [0.1, 0.15) is 56.7 Å².